The Morgan fingerprint density at radius 1 is 1.30 bits per heavy atom. The molecule has 0 radical (unpaired) electrons. The summed E-state index contributed by atoms with van der Waals surface area (Å²) in [4.78, 5) is 4.41. The number of ether oxygens (including phenoxy) is 1. The zero-order valence-corrected chi connectivity index (χ0v) is 12.3. The van der Waals surface area contributed by atoms with E-state index >= 15 is 0 Å². The number of rotatable bonds is 2. The summed E-state index contributed by atoms with van der Waals surface area (Å²) >= 11 is 11.9. The van der Waals surface area contributed by atoms with Gasteiger partial charge in [0.05, 0.1) is 18.6 Å². The van der Waals surface area contributed by atoms with E-state index in [0.717, 1.165) is 0 Å². The molecule has 0 spiro atoms. The minimum Gasteiger partial charge on any atom is -0.379 e. The number of halogens is 2. The first-order valence-corrected chi connectivity index (χ1v) is 6.88. The van der Waals surface area contributed by atoms with E-state index in [2.05, 4.69) is 10.1 Å². The molecule has 5 nitrogen and oxygen atoms in total. The van der Waals surface area contributed by atoms with Crippen molar-refractivity contribution in [3.8, 4) is 11.4 Å². The van der Waals surface area contributed by atoms with E-state index in [1.165, 1.54) is 0 Å². The number of hydrogen-bond donors (Lipinski definition) is 1. The first-order valence-electron chi connectivity index (χ1n) is 6.13. The molecule has 20 heavy (non-hydrogen) atoms. The van der Waals surface area contributed by atoms with E-state index in [4.69, 9.17) is 38.2 Å². The van der Waals surface area contributed by atoms with Gasteiger partial charge < -0.3 is 15.0 Å². The fourth-order valence-electron chi connectivity index (χ4n) is 2.16. The molecule has 1 fully saturated rings. The van der Waals surface area contributed by atoms with Crippen molar-refractivity contribution in [2.24, 2.45) is 5.73 Å². The van der Waals surface area contributed by atoms with E-state index in [1.807, 2.05) is 6.92 Å². The van der Waals surface area contributed by atoms with Crippen LogP contribution in [0.3, 0.4) is 0 Å². The van der Waals surface area contributed by atoms with Crippen molar-refractivity contribution < 1.29 is 9.26 Å². The minimum atomic E-state index is -0.465. The van der Waals surface area contributed by atoms with Gasteiger partial charge in [-0.1, -0.05) is 28.4 Å². The van der Waals surface area contributed by atoms with Crippen molar-refractivity contribution in [3.05, 3.63) is 34.1 Å². The molecule has 1 aliphatic rings. The largest absolute Gasteiger partial charge is 0.379 e. The monoisotopic (exact) mass is 313 g/mol. The van der Waals surface area contributed by atoms with Gasteiger partial charge in [0.2, 0.25) is 11.7 Å². The molecule has 0 amide bonds. The van der Waals surface area contributed by atoms with Crippen LogP contribution in [0.15, 0.2) is 22.7 Å². The number of nitrogens with zero attached hydrogens (tertiary/aromatic N) is 2. The Kier molecular flexibility index (Phi) is 3.46. The maximum Gasteiger partial charge on any atom is 0.236 e. The second-order valence-electron chi connectivity index (χ2n) is 5.12. The maximum atomic E-state index is 6.05. The Bertz CT molecular complexity index is 626. The van der Waals surface area contributed by atoms with Gasteiger partial charge in [-0.3, -0.25) is 0 Å². The van der Waals surface area contributed by atoms with E-state index in [1.54, 1.807) is 18.2 Å². The second-order valence-corrected chi connectivity index (χ2v) is 5.99. The van der Waals surface area contributed by atoms with Gasteiger partial charge in [-0.05, 0) is 25.1 Å². The van der Waals surface area contributed by atoms with Crippen LogP contribution in [0.25, 0.3) is 11.4 Å². The lowest BCUT2D eigenvalue weighted by molar-refractivity contribution is 0.169. The molecule has 7 heteroatoms. The molecule has 0 aliphatic carbocycles. The van der Waals surface area contributed by atoms with Crippen molar-refractivity contribution in [1.82, 2.24) is 10.1 Å². The Morgan fingerprint density at radius 3 is 2.60 bits per heavy atom. The summed E-state index contributed by atoms with van der Waals surface area (Å²) in [5.41, 5.74) is 6.28. The Hall–Kier alpha value is -1.14. The molecule has 0 saturated carbocycles. The van der Waals surface area contributed by atoms with Gasteiger partial charge in [-0.15, -0.1) is 0 Å². The van der Waals surface area contributed by atoms with Crippen LogP contribution in [0.4, 0.5) is 0 Å². The van der Waals surface area contributed by atoms with Gasteiger partial charge in [-0.2, -0.15) is 4.98 Å². The molecule has 3 rings (SSSR count). The number of aromatic nitrogens is 2. The van der Waals surface area contributed by atoms with Gasteiger partial charge >= 0.3 is 0 Å². The highest BCUT2D eigenvalue weighted by molar-refractivity contribution is 6.35. The highest BCUT2D eigenvalue weighted by Gasteiger charge is 2.44. The van der Waals surface area contributed by atoms with Crippen LogP contribution >= 0.6 is 23.2 Å². The highest BCUT2D eigenvalue weighted by atomic mass is 35.5. The molecule has 2 atom stereocenters. The highest BCUT2D eigenvalue weighted by Crippen LogP contribution is 2.32. The fourth-order valence-corrected chi connectivity index (χ4v) is 2.69. The predicted octanol–water partition coefficient (Wildman–Crippen LogP) is 2.66. The summed E-state index contributed by atoms with van der Waals surface area (Å²) in [6, 6.07) is 4.94. The first kappa shape index (κ1) is 13.8. The van der Waals surface area contributed by atoms with Crippen molar-refractivity contribution in [3.63, 3.8) is 0 Å². The quantitative estimate of drug-likeness (QED) is 0.922. The standard InChI is InChI=1S/C13H13Cl2N3O2/c1-13(6-19-5-10(13)16)12-17-11(18-20-12)7-2-8(14)4-9(15)3-7/h2-4,10H,5-6,16H2,1H3. The lowest BCUT2D eigenvalue weighted by atomic mass is 9.86. The van der Waals surface area contributed by atoms with Gasteiger partial charge in [0.1, 0.15) is 0 Å². The van der Waals surface area contributed by atoms with Gasteiger partial charge in [0.15, 0.2) is 0 Å². The van der Waals surface area contributed by atoms with Gasteiger partial charge in [0, 0.05) is 21.7 Å². The smallest absolute Gasteiger partial charge is 0.236 e. The van der Waals surface area contributed by atoms with Crippen molar-refractivity contribution in [2.45, 2.75) is 18.4 Å². The van der Waals surface area contributed by atoms with Crippen molar-refractivity contribution >= 4 is 23.2 Å². The topological polar surface area (TPSA) is 74.2 Å². The molecule has 1 saturated heterocycles. The average Bonchev–Trinajstić information content (AvgIpc) is 2.97. The second kappa shape index (κ2) is 5.00. The average molecular weight is 314 g/mol. The molecule has 1 aromatic heterocycles. The fraction of sp³-hybridized carbons (Fsp3) is 0.385. The molecular formula is C13H13Cl2N3O2. The summed E-state index contributed by atoms with van der Waals surface area (Å²) in [5.74, 6) is 0.901. The van der Waals surface area contributed by atoms with Crippen LogP contribution in [0.2, 0.25) is 10.0 Å². The molecule has 106 valence electrons. The summed E-state index contributed by atoms with van der Waals surface area (Å²) in [5, 5.41) is 5.02. The molecule has 2 unspecified atom stereocenters. The molecular weight excluding hydrogens is 301 g/mol. The van der Waals surface area contributed by atoms with Crippen LogP contribution in [0, 0.1) is 0 Å². The maximum absolute atomic E-state index is 6.05. The Balaban J connectivity index is 1.98. The summed E-state index contributed by atoms with van der Waals surface area (Å²) in [6.45, 7) is 2.90. The lowest BCUT2D eigenvalue weighted by Crippen LogP contribution is -2.42. The summed E-state index contributed by atoms with van der Waals surface area (Å²) < 4.78 is 10.7. The third-order valence-corrected chi connectivity index (χ3v) is 3.99. The minimum absolute atomic E-state index is 0.168. The van der Waals surface area contributed by atoms with Crippen LogP contribution in [-0.2, 0) is 10.2 Å². The SMILES string of the molecule is CC1(c2nc(-c3cc(Cl)cc(Cl)c3)no2)COCC1N. The van der Waals surface area contributed by atoms with Gasteiger partial charge in [0.25, 0.3) is 0 Å². The van der Waals surface area contributed by atoms with Crippen LogP contribution in [0.1, 0.15) is 12.8 Å². The van der Waals surface area contributed by atoms with Crippen molar-refractivity contribution in [2.75, 3.05) is 13.2 Å². The van der Waals surface area contributed by atoms with E-state index in [0.29, 0.717) is 40.5 Å². The van der Waals surface area contributed by atoms with Gasteiger partial charge in [-0.25, -0.2) is 0 Å². The zero-order valence-electron chi connectivity index (χ0n) is 10.8. The van der Waals surface area contributed by atoms with E-state index < -0.39 is 5.41 Å². The van der Waals surface area contributed by atoms with Crippen LogP contribution in [0.5, 0.6) is 0 Å². The van der Waals surface area contributed by atoms with Crippen molar-refractivity contribution in [1.29, 1.82) is 0 Å². The Labute approximate surface area is 126 Å². The molecule has 1 aromatic carbocycles. The first-order chi connectivity index (χ1) is 9.49. The molecule has 2 N–H and O–H groups in total. The van der Waals surface area contributed by atoms with E-state index in [9.17, 15) is 0 Å². The number of hydrogen-bond acceptors (Lipinski definition) is 5. The molecule has 2 heterocycles. The molecule has 0 bridgehead atoms. The van der Waals surface area contributed by atoms with E-state index in [-0.39, 0.29) is 6.04 Å². The normalized spacial score (nSPS) is 26.1. The predicted molar refractivity (Wildman–Crippen MR) is 75.9 cm³/mol. The summed E-state index contributed by atoms with van der Waals surface area (Å²) in [7, 11) is 0. The summed E-state index contributed by atoms with van der Waals surface area (Å²) in [6.07, 6.45) is 0. The Morgan fingerprint density at radius 2 is 2.00 bits per heavy atom. The lowest BCUT2D eigenvalue weighted by Gasteiger charge is -2.21. The number of nitrogens with two attached hydrogens (primary N) is 1. The molecule has 2 aromatic rings. The van der Waals surface area contributed by atoms with Crippen LogP contribution in [-0.4, -0.2) is 29.4 Å². The third-order valence-electron chi connectivity index (χ3n) is 3.55. The third kappa shape index (κ3) is 2.31. The van der Waals surface area contributed by atoms with Crippen LogP contribution < -0.4 is 5.73 Å². The zero-order chi connectivity index (χ0) is 14.3. The number of benzene rings is 1. The molecule has 1 aliphatic heterocycles.